The van der Waals surface area contributed by atoms with Gasteiger partial charge in [0.05, 0.1) is 10.9 Å². The van der Waals surface area contributed by atoms with Gasteiger partial charge in [0, 0.05) is 0 Å². The molecular weight excluding hydrogens is 308 g/mol. The maximum atomic E-state index is 12.1. The molecule has 1 heterocycles. The summed E-state index contributed by atoms with van der Waals surface area (Å²) in [5.41, 5.74) is 2.06. The third-order valence-electron chi connectivity index (χ3n) is 3.70. The minimum absolute atomic E-state index is 0.0781. The van der Waals surface area contributed by atoms with Crippen molar-refractivity contribution < 1.29 is 14.6 Å². The van der Waals surface area contributed by atoms with Gasteiger partial charge >= 0.3 is 5.97 Å². The highest BCUT2D eigenvalue weighted by atomic mass is 16.5. The lowest BCUT2D eigenvalue weighted by Crippen LogP contribution is -2.15. The number of phenolic OH excluding ortho intramolecular Hbond substituents is 1. The zero-order chi connectivity index (χ0) is 17.3. The van der Waals surface area contributed by atoms with Crippen molar-refractivity contribution in [2.75, 3.05) is 0 Å². The number of para-hydroxylation sites is 1. The molecule has 0 bridgehead atoms. The Kier molecular flexibility index (Phi) is 4.04. The largest absolute Gasteiger partial charge is 0.507 e. The predicted octanol–water partition coefficient (Wildman–Crippen LogP) is 2.60. The van der Waals surface area contributed by atoms with Crippen molar-refractivity contribution in [1.29, 1.82) is 0 Å². The van der Waals surface area contributed by atoms with Crippen LogP contribution in [-0.2, 0) is 11.3 Å². The van der Waals surface area contributed by atoms with Crippen LogP contribution in [0.1, 0.15) is 27.3 Å². The van der Waals surface area contributed by atoms with E-state index in [1.807, 2.05) is 13.0 Å². The Hall–Kier alpha value is -3.15. The van der Waals surface area contributed by atoms with E-state index in [2.05, 4.69) is 9.97 Å². The molecule has 0 saturated carbocycles. The van der Waals surface area contributed by atoms with E-state index in [0.717, 1.165) is 11.1 Å². The standard InChI is InChI=1S/C18H16N2O4/c1-10-6-7-14(21)13(8-10)18(23)24-9-15-19-16-11(2)4-3-5-12(16)17(22)20-15/h3-8,21H,9H2,1-2H3,(H,19,20,22). The second-order valence-corrected chi connectivity index (χ2v) is 5.58. The molecule has 24 heavy (non-hydrogen) atoms. The lowest BCUT2D eigenvalue weighted by molar-refractivity contribution is 0.0459. The molecule has 0 fully saturated rings. The Labute approximate surface area is 137 Å². The zero-order valence-corrected chi connectivity index (χ0v) is 13.3. The number of hydrogen-bond donors (Lipinski definition) is 2. The number of nitrogens with one attached hydrogen (secondary N) is 1. The molecule has 0 aliphatic carbocycles. The van der Waals surface area contributed by atoms with Crippen molar-refractivity contribution in [2.45, 2.75) is 20.5 Å². The molecule has 0 unspecified atom stereocenters. The lowest BCUT2D eigenvalue weighted by Gasteiger charge is -2.08. The monoisotopic (exact) mass is 324 g/mol. The molecule has 0 aliphatic rings. The molecule has 0 saturated heterocycles. The number of hydrogen-bond acceptors (Lipinski definition) is 5. The van der Waals surface area contributed by atoms with Gasteiger partial charge in [-0.2, -0.15) is 0 Å². The van der Waals surface area contributed by atoms with Crippen molar-refractivity contribution in [2.24, 2.45) is 0 Å². The number of aromatic hydroxyl groups is 1. The van der Waals surface area contributed by atoms with Crippen LogP contribution in [0.15, 0.2) is 41.2 Å². The van der Waals surface area contributed by atoms with Gasteiger partial charge in [0.25, 0.3) is 5.56 Å². The molecule has 0 amide bonds. The van der Waals surface area contributed by atoms with Crippen molar-refractivity contribution in [3.63, 3.8) is 0 Å². The summed E-state index contributed by atoms with van der Waals surface area (Å²) < 4.78 is 5.16. The fourth-order valence-corrected chi connectivity index (χ4v) is 2.45. The maximum absolute atomic E-state index is 12.1. The number of nitrogens with zero attached hydrogens (tertiary/aromatic N) is 1. The number of fused-ring (bicyclic) bond motifs is 1. The average molecular weight is 324 g/mol. The first kappa shape index (κ1) is 15.7. The molecule has 0 atom stereocenters. The Morgan fingerprint density at radius 3 is 2.83 bits per heavy atom. The number of aryl methyl sites for hydroxylation is 2. The van der Waals surface area contributed by atoms with E-state index in [1.165, 1.54) is 6.07 Å². The van der Waals surface area contributed by atoms with Crippen LogP contribution in [0.5, 0.6) is 5.75 Å². The first-order valence-corrected chi connectivity index (χ1v) is 7.41. The van der Waals surface area contributed by atoms with Crippen molar-refractivity contribution >= 4 is 16.9 Å². The van der Waals surface area contributed by atoms with Gasteiger partial charge in [0.1, 0.15) is 23.7 Å². The van der Waals surface area contributed by atoms with Crippen LogP contribution in [-0.4, -0.2) is 21.0 Å². The topological polar surface area (TPSA) is 92.3 Å². The molecule has 3 aromatic rings. The summed E-state index contributed by atoms with van der Waals surface area (Å²) in [6.07, 6.45) is 0. The number of esters is 1. The van der Waals surface area contributed by atoms with Crippen LogP contribution >= 0.6 is 0 Å². The van der Waals surface area contributed by atoms with Crippen LogP contribution in [0.3, 0.4) is 0 Å². The fraction of sp³-hybridized carbons (Fsp3) is 0.167. The van der Waals surface area contributed by atoms with Crippen LogP contribution < -0.4 is 5.56 Å². The van der Waals surface area contributed by atoms with E-state index in [0.29, 0.717) is 10.9 Å². The second-order valence-electron chi connectivity index (χ2n) is 5.58. The molecular formula is C18H16N2O4. The highest BCUT2D eigenvalue weighted by Crippen LogP contribution is 2.19. The lowest BCUT2D eigenvalue weighted by atomic mass is 10.1. The molecule has 3 rings (SSSR count). The van der Waals surface area contributed by atoms with E-state index >= 15 is 0 Å². The van der Waals surface area contributed by atoms with E-state index in [9.17, 15) is 14.7 Å². The Morgan fingerprint density at radius 2 is 2.04 bits per heavy atom. The van der Waals surface area contributed by atoms with Gasteiger partial charge in [-0.1, -0.05) is 23.8 Å². The molecule has 2 aromatic carbocycles. The van der Waals surface area contributed by atoms with Crippen LogP contribution in [0.25, 0.3) is 10.9 Å². The smallest absolute Gasteiger partial charge is 0.342 e. The van der Waals surface area contributed by atoms with E-state index in [-0.39, 0.29) is 29.3 Å². The van der Waals surface area contributed by atoms with Gasteiger partial charge in [-0.05, 0) is 37.6 Å². The number of aromatic nitrogens is 2. The van der Waals surface area contributed by atoms with E-state index in [1.54, 1.807) is 31.2 Å². The van der Waals surface area contributed by atoms with Crippen molar-refractivity contribution in [1.82, 2.24) is 9.97 Å². The van der Waals surface area contributed by atoms with Gasteiger partial charge in [-0.25, -0.2) is 9.78 Å². The quantitative estimate of drug-likeness (QED) is 0.723. The van der Waals surface area contributed by atoms with Crippen LogP contribution in [0.2, 0.25) is 0 Å². The van der Waals surface area contributed by atoms with E-state index in [4.69, 9.17) is 4.74 Å². The number of aromatic amines is 1. The summed E-state index contributed by atoms with van der Waals surface area (Å²) in [7, 11) is 0. The Bertz CT molecular complexity index is 992. The number of benzene rings is 2. The molecule has 6 heteroatoms. The first-order valence-electron chi connectivity index (χ1n) is 7.41. The van der Waals surface area contributed by atoms with Gasteiger partial charge < -0.3 is 14.8 Å². The zero-order valence-electron chi connectivity index (χ0n) is 13.3. The second kappa shape index (κ2) is 6.16. The molecule has 0 radical (unpaired) electrons. The summed E-state index contributed by atoms with van der Waals surface area (Å²) in [5, 5.41) is 10.2. The SMILES string of the molecule is Cc1ccc(O)c(C(=O)OCc2nc3c(C)cccc3c(=O)[nH]2)c1. The maximum Gasteiger partial charge on any atom is 0.342 e. The minimum Gasteiger partial charge on any atom is -0.507 e. The predicted molar refractivity (Wildman–Crippen MR) is 89.1 cm³/mol. The number of carbonyl (C=O) groups is 1. The highest BCUT2D eigenvalue weighted by molar-refractivity contribution is 5.92. The van der Waals surface area contributed by atoms with Crippen molar-refractivity contribution in [3.8, 4) is 5.75 Å². The fourth-order valence-electron chi connectivity index (χ4n) is 2.45. The third-order valence-corrected chi connectivity index (χ3v) is 3.70. The van der Waals surface area contributed by atoms with Crippen molar-refractivity contribution in [3.05, 3.63) is 69.3 Å². The minimum atomic E-state index is -0.677. The summed E-state index contributed by atoms with van der Waals surface area (Å²) >= 11 is 0. The molecule has 1 aromatic heterocycles. The summed E-state index contributed by atoms with van der Waals surface area (Å²) in [5.74, 6) is -0.576. The first-order chi connectivity index (χ1) is 11.5. The number of ether oxygens (including phenoxy) is 1. The molecule has 0 spiro atoms. The van der Waals surface area contributed by atoms with Crippen LogP contribution in [0.4, 0.5) is 0 Å². The summed E-state index contributed by atoms with van der Waals surface area (Å²) in [4.78, 5) is 31.1. The third kappa shape index (κ3) is 2.99. The highest BCUT2D eigenvalue weighted by Gasteiger charge is 2.14. The summed E-state index contributed by atoms with van der Waals surface area (Å²) in [6.45, 7) is 3.47. The van der Waals surface area contributed by atoms with Crippen LogP contribution in [0, 0.1) is 13.8 Å². The number of rotatable bonds is 3. The molecule has 122 valence electrons. The number of H-pyrrole nitrogens is 1. The molecule has 6 nitrogen and oxygen atoms in total. The van der Waals surface area contributed by atoms with Gasteiger partial charge in [-0.3, -0.25) is 4.79 Å². The normalized spacial score (nSPS) is 10.8. The average Bonchev–Trinajstić information content (AvgIpc) is 2.56. The van der Waals surface area contributed by atoms with E-state index < -0.39 is 5.97 Å². The summed E-state index contributed by atoms with van der Waals surface area (Å²) in [6, 6.07) is 10.00. The number of phenols is 1. The van der Waals surface area contributed by atoms with Gasteiger partial charge in [0.15, 0.2) is 0 Å². The Morgan fingerprint density at radius 1 is 1.25 bits per heavy atom. The number of carbonyl (C=O) groups excluding carboxylic acids is 1. The Balaban J connectivity index is 1.86. The molecule has 2 N–H and O–H groups in total. The van der Waals surface area contributed by atoms with Gasteiger partial charge in [-0.15, -0.1) is 0 Å². The van der Waals surface area contributed by atoms with Gasteiger partial charge in [0.2, 0.25) is 0 Å². The molecule has 0 aliphatic heterocycles.